The van der Waals surface area contributed by atoms with Gasteiger partial charge in [0.15, 0.2) is 5.78 Å². The first-order valence-electron chi connectivity index (χ1n) is 10.3. The van der Waals surface area contributed by atoms with E-state index in [1.165, 1.54) is 11.8 Å². The molecule has 0 saturated carbocycles. The Morgan fingerprint density at radius 2 is 1.84 bits per heavy atom. The van der Waals surface area contributed by atoms with Gasteiger partial charge in [-0.15, -0.1) is 0 Å². The predicted molar refractivity (Wildman–Crippen MR) is 116 cm³/mol. The molecule has 7 nitrogen and oxygen atoms in total. The molecule has 1 aliphatic rings. The maximum Gasteiger partial charge on any atom is 0.325 e. The predicted octanol–water partition coefficient (Wildman–Crippen LogP) is 3.74. The average molecular weight is 424 g/mol. The second-order valence-corrected chi connectivity index (χ2v) is 7.81. The maximum absolute atomic E-state index is 13.2. The van der Waals surface area contributed by atoms with E-state index in [2.05, 4.69) is 5.32 Å². The van der Waals surface area contributed by atoms with Crippen LogP contribution in [0.5, 0.6) is 11.5 Å². The van der Waals surface area contributed by atoms with E-state index in [-0.39, 0.29) is 18.2 Å². The number of hydrogen-bond donors (Lipinski definition) is 1. The summed E-state index contributed by atoms with van der Waals surface area (Å²) >= 11 is 0. The molecular formula is C24H28N2O5. The number of methoxy groups -OCH3 is 1. The largest absolute Gasteiger partial charge is 0.497 e. The highest BCUT2D eigenvalue weighted by Crippen LogP contribution is 2.28. The Morgan fingerprint density at radius 3 is 2.45 bits per heavy atom. The minimum atomic E-state index is -0.999. The summed E-state index contributed by atoms with van der Waals surface area (Å²) in [6.07, 6.45) is 1.09. The topological polar surface area (TPSA) is 84.9 Å². The van der Waals surface area contributed by atoms with E-state index in [0.717, 1.165) is 11.3 Å². The fourth-order valence-electron chi connectivity index (χ4n) is 3.64. The smallest absolute Gasteiger partial charge is 0.325 e. The van der Waals surface area contributed by atoms with Gasteiger partial charge in [0.1, 0.15) is 17.0 Å². The summed E-state index contributed by atoms with van der Waals surface area (Å²) in [5.41, 5.74) is 1.18. The molecule has 31 heavy (non-hydrogen) atoms. The van der Waals surface area contributed by atoms with E-state index in [1.807, 2.05) is 31.2 Å². The molecule has 0 radical (unpaired) electrons. The van der Waals surface area contributed by atoms with Gasteiger partial charge in [-0.1, -0.05) is 12.1 Å². The number of Topliss-reactive ketones (excluding diaryl/α,β-unsaturated/α-hetero) is 1. The van der Waals surface area contributed by atoms with Crippen molar-refractivity contribution >= 4 is 17.7 Å². The zero-order valence-electron chi connectivity index (χ0n) is 18.4. The zero-order valence-corrected chi connectivity index (χ0v) is 18.4. The SMILES string of the molecule is CCOc1ccc(C(C)=O)cc1CN1C(=O)N[C@](C)(CCc2ccc(OC)cc2)C1=O. The Morgan fingerprint density at radius 1 is 1.13 bits per heavy atom. The Balaban J connectivity index is 1.76. The number of nitrogens with one attached hydrogen (secondary N) is 1. The second-order valence-electron chi connectivity index (χ2n) is 7.81. The molecule has 1 N–H and O–H groups in total. The number of hydrogen-bond acceptors (Lipinski definition) is 5. The van der Waals surface area contributed by atoms with Crippen LogP contribution in [-0.4, -0.2) is 41.9 Å². The summed E-state index contributed by atoms with van der Waals surface area (Å²) in [6, 6.07) is 12.3. The second kappa shape index (κ2) is 9.20. The number of ether oxygens (including phenoxy) is 2. The van der Waals surface area contributed by atoms with Crippen molar-refractivity contribution < 1.29 is 23.9 Å². The summed E-state index contributed by atoms with van der Waals surface area (Å²) in [5.74, 6) is 0.941. The van der Waals surface area contributed by atoms with Crippen molar-refractivity contribution in [2.24, 2.45) is 0 Å². The normalized spacial score (nSPS) is 18.1. The lowest BCUT2D eigenvalue weighted by Gasteiger charge is -2.22. The van der Waals surface area contributed by atoms with Crippen LogP contribution in [0.2, 0.25) is 0 Å². The van der Waals surface area contributed by atoms with Crippen molar-refractivity contribution in [1.82, 2.24) is 10.2 Å². The Labute approximate surface area is 182 Å². The first-order chi connectivity index (χ1) is 14.8. The summed E-state index contributed by atoms with van der Waals surface area (Å²) in [6.45, 7) is 5.55. The Bertz CT molecular complexity index is 986. The molecule has 3 amide bonds. The van der Waals surface area contributed by atoms with Gasteiger partial charge in [-0.05, 0) is 69.5 Å². The van der Waals surface area contributed by atoms with Crippen molar-refractivity contribution in [3.8, 4) is 11.5 Å². The van der Waals surface area contributed by atoms with E-state index in [1.54, 1.807) is 32.2 Å². The van der Waals surface area contributed by atoms with E-state index in [9.17, 15) is 14.4 Å². The number of rotatable bonds is 9. The summed E-state index contributed by atoms with van der Waals surface area (Å²) in [7, 11) is 1.61. The Kier molecular flexibility index (Phi) is 6.63. The van der Waals surface area contributed by atoms with Gasteiger partial charge in [0, 0.05) is 11.1 Å². The van der Waals surface area contributed by atoms with E-state index in [0.29, 0.717) is 36.3 Å². The van der Waals surface area contributed by atoms with Gasteiger partial charge in [0.05, 0.1) is 20.3 Å². The van der Waals surface area contributed by atoms with Crippen LogP contribution in [0.3, 0.4) is 0 Å². The van der Waals surface area contributed by atoms with Crippen LogP contribution in [0, 0.1) is 0 Å². The molecule has 0 aromatic heterocycles. The summed E-state index contributed by atoms with van der Waals surface area (Å²) in [4.78, 5) is 38.8. The molecular weight excluding hydrogens is 396 g/mol. The standard InChI is InChI=1S/C24H28N2O5/c1-5-31-21-11-8-18(16(2)27)14-19(21)15-26-22(28)24(3,25-23(26)29)13-12-17-6-9-20(30-4)10-7-17/h6-11,14H,5,12-13,15H2,1-4H3,(H,25,29)/t24-/m1/s1. The highest BCUT2D eigenvalue weighted by atomic mass is 16.5. The van der Waals surface area contributed by atoms with Crippen molar-refractivity contribution in [1.29, 1.82) is 0 Å². The van der Waals surface area contributed by atoms with Crippen LogP contribution in [0.25, 0.3) is 0 Å². The van der Waals surface area contributed by atoms with Crippen molar-refractivity contribution in [3.63, 3.8) is 0 Å². The lowest BCUT2D eigenvalue weighted by atomic mass is 9.93. The first-order valence-corrected chi connectivity index (χ1v) is 10.3. The fraction of sp³-hybridized carbons (Fsp3) is 0.375. The molecule has 2 aromatic rings. The zero-order chi connectivity index (χ0) is 22.6. The van der Waals surface area contributed by atoms with Crippen LogP contribution in [-0.2, 0) is 17.8 Å². The molecule has 0 spiro atoms. The lowest BCUT2D eigenvalue weighted by Crippen LogP contribution is -2.44. The van der Waals surface area contributed by atoms with Gasteiger partial charge in [-0.25, -0.2) is 4.79 Å². The monoisotopic (exact) mass is 424 g/mol. The molecule has 7 heteroatoms. The van der Waals surface area contributed by atoms with Crippen LogP contribution in [0.4, 0.5) is 4.79 Å². The molecule has 1 atom stereocenters. The highest BCUT2D eigenvalue weighted by Gasteiger charge is 2.47. The molecule has 1 fully saturated rings. The third-order valence-corrected chi connectivity index (χ3v) is 5.51. The number of imide groups is 1. The third kappa shape index (κ3) is 4.87. The average Bonchev–Trinajstić information content (AvgIpc) is 2.97. The van der Waals surface area contributed by atoms with Crippen molar-refractivity contribution in [2.75, 3.05) is 13.7 Å². The fourth-order valence-corrected chi connectivity index (χ4v) is 3.64. The maximum atomic E-state index is 13.2. The van der Waals surface area contributed by atoms with Crippen molar-refractivity contribution in [3.05, 3.63) is 59.2 Å². The van der Waals surface area contributed by atoms with Crippen LogP contribution in [0.1, 0.15) is 48.7 Å². The minimum Gasteiger partial charge on any atom is -0.497 e. The molecule has 2 aromatic carbocycles. The number of carbonyl (C=O) groups is 3. The number of carbonyl (C=O) groups excluding carboxylic acids is 3. The Hall–Kier alpha value is -3.35. The molecule has 1 saturated heterocycles. The van der Waals surface area contributed by atoms with Gasteiger partial charge in [0.25, 0.3) is 5.91 Å². The van der Waals surface area contributed by atoms with Gasteiger partial charge in [0.2, 0.25) is 0 Å². The summed E-state index contributed by atoms with van der Waals surface area (Å²) < 4.78 is 10.8. The van der Waals surface area contributed by atoms with Gasteiger partial charge >= 0.3 is 6.03 Å². The van der Waals surface area contributed by atoms with Gasteiger partial charge in [-0.2, -0.15) is 0 Å². The van der Waals surface area contributed by atoms with Crippen LogP contribution < -0.4 is 14.8 Å². The number of aryl methyl sites for hydroxylation is 1. The van der Waals surface area contributed by atoms with E-state index >= 15 is 0 Å². The number of benzene rings is 2. The number of urea groups is 1. The molecule has 0 bridgehead atoms. The van der Waals surface area contributed by atoms with Crippen LogP contribution >= 0.6 is 0 Å². The molecule has 1 heterocycles. The molecule has 1 aliphatic heterocycles. The van der Waals surface area contributed by atoms with Crippen LogP contribution in [0.15, 0.2) is 42.5 Å². The molecule has 3 rings (SSSR count). The number of nitrogens with zero attached hydrogens (tertiary/aromatic N) is 1. The molecule has 0 aliphatic carbocycles. The van der Waals surface area contributed by atoms with Gasteiger partial charge < -0.3 is 14.8 Å². The van der Waals surface area contributed by atoms with E-state index < -0.39 is 11.6 Å². The molecule has 0 unspecified atom stereocenters. The number of ketones is 1. The van der Waals surface area contributed by atoms with E-state index in [4.69, 9.17) is 9.47 Å². The number of amides is 3. The lowest BCUT2D eigenvalue weighted by molar-refractivity contribution is -0.131. The highest BCUT2D eigenvalue weighted by molar-refractivity contribution is 6.06. The summed E-state index contributed by atoms with van der Waals surface area (Å²) in [5, 5.41) is 2.84. The first kappa shape index (κ1) is 22.3. The third-order valence-electron chi connectivity index (χ3n) is 5.51. The molecule has 164 valence electrons. The minimum absolute atomic E-state index is 0.0409. The van der Waals surface area contributed by atoms with Gasteiger partial charge in [-0.3, -0.25) is 14.5 Å². The quantitative estimate of drug-likeness (QED) is 0.490. The van der Waals surface area contributed by atoms with Crippen molar-refractivity contribution in [2.45, 2.75) is 45.7 Å².